The van der Waals surface area contributed by atoms with Gasteiger partial charge in [0.05, 0.1) is 16.1 Å². The molecule has 0 fully saturated rings. The smallest absolute Gasteiger partial charge is 0.416 e. The van der Waals surface area contributed by atoms with Crippen LogP contribution in [0, 0.1) is 5.82 Å². The number of rotatable bonds is 9. The fourth-order valence-electron chi connectivity index (χ4n) is 5.11. The minimum atomic E-state index is -4.80. The first-order valence-electron chi connectivity index (χ1n) is 15.2. The van der Waals surface area contributed by atoms with Crippen LogP contribution in [0.15, 0.2) is 84.9 Å². The van der Waals surface area contributed by atoms with Crippen molar-refractivity contribution >= 4 is 17.5 Å². The number of hydrogen-bond acceptors (Lipinski definition) is 2. The van der Waals surface area contributed by atoms with E-state index in [4.69, 9.17) is 16.3 Å². The molecule has 46 heavy (non-hydrogen) atoms. The van der Waals surface area contributed by atoms with Crippen molar-refractivity contribution in [3.8, 4) is 5.75 Å². The molecule has 0 unspecified atom stereocenters. The molecule has 1 amide bonds. The molecule has 0 N–H and O–H groups in total. The normalized spacial score (nSPS) is 12.2. The quantitative estimate of drug-likeness (QED) is 0.168. The maximum Gasteiger partial charge on any atom is 0.416 e. The van der Waals surface area contributed by atoms with Crippen molar-refractivity contribution in [2.75, 3.05) is 6.54 Å². The van der Waals surface area contributed by atoms with Gasteiger partial charge in [-0.05, 0) is 63.3 Å². The van der Waals surface area contributed by atoms with Gasteiger partial charge in [0.25, 0.3) is 5.91 Å². The van der Waals surface area contributed by atoms with Crippen LogP contribution in [0.1, 0.15) is 85.3 Å². The molecule has 0 aliphatic rings. The van der Waals surface area contributed by atoms with Crippen LogP contribution in [-0.4, -0.2) is 17.4 Å². The summed E-state index contributed by atoms with van der Waals surface area (Å²) in [6, 6.07) is 24.4. The SMILES string of the molecule is CC(C)(C)c1ccc(CN(CCc2ccc(OCc3ccccc3)c(C(C)(C)C)c2)C(=O)c2cc(C(F)(F)F)cc(Cl)c2F)cc1. The minimum absolute atomic E-state index is 0.0704. The first kappa shape index (κ1) is 35.0. The first-order chi connectivity index (χ1) is 21.4. The van der Waals surface area contributed by atoms with Crippen LogP contribution < -0.4 is 4.74 Å². The molecule has 0 spiro atoms. The summed E-state index contributed by atoms with van der Waals surface area (Å²) in [7, 11) is 0. The predicted molar refractivity (Wildman–Crippen MR) is 176 cm³/mol. The summed E-state index contributed by atoms with van der Waals surface area (Å²) in [4.78, 5) is 15.2. The molecule has 0 radical (unpaired) electrons. The molecule has 3 nitrogen and oxygen atoms in total. The van der Waals surface area contributed by atoms with Gasteiger partial charge in [-0.15, -0.1) is 0 Å². The molecule has 0 heterocycles. The third-order valence-corrected chi connectivity index (χ3v) is 8.10. The fraction of sp³-hybridized carbons (Fsp3) is 0.342. The molecular formula is C38H40ClF4NO2. The van der Waals surface area contributed by atoms with Gasteiger partial charge in [-0.3, -0.25) is 4.79 Å². The van der Waals surface area contributed by atoms with E-state index in [0.717, 1.165) is 33.6 Å². The topological polar surface area (TPSA) is 29.5 Å². The lowest BCUT2D eigenvalue weighted by Gasteiger charge is -2.26. The number of ether oxygens (including phenoxy) is 1. The maximum atomic E-state index is 15.1. The van der Waals surface area contributed by atoms with E-state index in [2.05, 4.69) is 41.5 Å². The van der Waals surface area contributed by atoms with Crippen LogP contribution in [0.5, 0.6) is 5.75 Å². The molecule has 0 bridgehead atoms. The number of hydrogen-bond donors (Lipinski definition) is 0. The van der Waals surface area contributed by atoms with Crippen molar-refractivity contribution in [3.05, 3.63) is 135 Å². The Morgan fingerprint density at radius 3 is 1.98 bits per heavy atom. The molecule has 0 aliphatic carbocycles. The first-order valence-corrected chi connectivity index (χ1v) is 15.6. The van der Waals surface area contributed by atoms with Gasteiger partial charge in [-0.25, -0.2) is 4.39 Å². The highest BCUT2D eigenvalue weighted by atomic mass is 35.5. The van der Waals surface area contributed by atoms with E-state index in [9.17, 15) is 18.0 Å². The fourth-order valence-corrected chi connectivity index (χ4v) is 5.32. The van der Waals surface area contributed by atoms with Crippen molar-refractivity contribution < 1.29 is 27.1 Å². The molecular weight excluding hydrogens is 614 g/mol. The minimum Gasteiger partial charge on any atom is -0.489 e. The Hall–Kier alpha value is -3.84. The summed E-state index contributed by atoms with van der Waals surface area (Å²) in [6.45, 7) is 13.1. The Morgan fingerprint density at radius 1 is 0.761 bits per heavy atom. The summed E-state index contributed by atoms with van der Waals surface area (Å²) in [6.07, 6.45) is -4.42. The lowest BCUT2D eigenvalue weighted by atomic mass is 9.85. The average molecular weight is 654 g/mol. The Bertz CT molecular complexity index is 1650. The summed E-state index contributed by atoms with van der Waals surface area (Å²) in [5.41, 5.74) is 2.53. The van der Waals surface area contributed by atoms with Crippen LogP contribution in [0.25, 0.3) is 0 Å². The summed E-state index contributed by atoms with van der Waals surface area (Å²) in [5, 5.41) is -0.756. The zero-order valence-corrected chi connectivity index (χ0v) is 27.8. The zero-order chi connectivity index (χ0) is 33.9. The lowest BCUT2D eigenvalue weighted by Crippen LogP contribution is -2.33. The molecule has 0 saturated heterocycles. The molecule has 244 valence electrons. The van der Waals surface area contributed by atoms with Gasteiger partial charge in [-0.2, -0.15) is 13.2 Å². The standard InChI is InChI=1S/C38H40ClF4NO2/c1-36(2,3)28-15-12-26(13-16-28)23-44(35(45)30-21-29(38(41,42)43)22-32(39)34(30)40)19-18-25-14-17-33(31(20-25)37(4,5)6)46-24-27-10-8-7-9-11-27/h7-17,20-22H,18-19,23-24H2,1-6H3. The molecule has 4 aromatic carbocycles. The zero-order valence-electron chi connectivity index (χ0n) is 27.1. The Labute approximate surface area is 274 Å². The largest absolute Gasteiger partial charge is 0.489 e. The van der Waals surface area contributed by atoms with E-state index < -0.39 is 34.1 Å². The maximum absolute atomic E-state index is 15.1. The summed E-state index contributed by atoms with van der Waals surface area (Å²) in [5.74, 6) is -1.31. The van der Waals surface area contributed by atoms with Crippen molar-refractivity contribution in [2.24, 2.45) is 0 Å². The second-order valence-corrected chi connectivity index (χ2v) is 14.0. The van der Waals surface area contributed by atoms with Crippen molar-refractivity contribution in [1.29, 1.82) is 0 Å². The molecule has 0 atom stereocenters. The van der Waals surface area contributed by atoms with Gasteiger partial charge in [0.1, 0.15) is 12.4 Å². The molecule has 4 aromatic rings. The number of halogens is 5. The van der Waals surface area contributed by atoms with E-state index in [1.807, 2.05) is 72.8 Å². The van der Waals surface area contributed by atoms with E-state index >= 15 is 4.39 Å². The van der Waals surface area contributed by atoms with Gasteiger partial charge in [-0.1, -0.05) is 120 Å². The van der Waals surface area contributed by atoms with Crippen LogP contribution >= 0.6 is 11.6 Å². The Morgan fingerprint density at radius 2 is 1.39 bits per heavy atom. The molecule has 8 heteroatoms. The third-order valence-electron chi connectivity index (χ3n) is 7.83. The number of benzene rings is 4. The third kappa shape index (κ3) is 8.91. The van der Waals surface area contributed by atoms with Crippen LogP contribution in [0.4, 0.5) is 17.6 Å². The highest BCUT2D eigenvalue weighted by Crippen LogP contribution is 2.35. The van der Waals surface area contributed by atoms with Gasteiger partial charge >= 0.3 is 6.18 Å². The number of carbonyl (C=O) groups excluding carboxylic acids is 1. The van der Waals surface area contributed by atoms with E-state index in [0.29, 0.717) is 25.2 Å². The highest BCUT2D eigenvalue weighted by molar-refractivity contribution is 6.31. The van der Waals surface area contributed by atoms with Gasteiger partial charge in [0.15, 0.2) is 5.82 Å². The summed E-state index contributed by atoms with van der Waals surface area (Å²) >= 11 is 5.85. The van der Waals surface area contributed by atoms with Crippen molar-refractivity contribution in [3.63, 3.8) is 0 Å². The molecule has 0 aromatic heterocycles. The number of carbonyl (C=O) groups is 1. The van der Waals surface area contributed by atoms with Gasteiger partial charge in [0, 0.05) is 13.1 Å². The second-order valence-electron chi connectivity index (χ2n) is 13.6. The highest BCUT2D eigenvalue weighted by Gasteiger charge is 2.34. The van der Waals surface area contributed by atoms with Crippen molar-refractivity contribution in [1.82, 2.24) is 4.90 Å². The van der Waals surface area contributed by atoms with E-state index in [1.54, 1.807) is 0 Å². The number of amides is 1. The number of alkyl halides is 3. The van der Waals surface area contributed by atoms with Crippen LogP contribution in [0.2, 0.25) is 5.02 Å². The Kier molecular flexibility index (Phi) is 10.6. The van der Waals surface area contributed by atoms with E-state index in [1.165, 1.54) is 4.90 Å². The van der Waals surface area contributed by atoms with Gasteiger partial charge in [0.2, 0.25) is 0 Å². The molecule has 0 saturated carbocycles. The Balaban J connectivity index is 1.65. The molecule has 4 rings (SSSR count). The lowest BCUT2D eigenvalue weighted by molar-refractivity contribution is -0.137. The predicted octanol–water partition coefficient (Wildman–Crippen LogP) is 10.6. The average Bonchev–Trinajstić information content (AvgIpc) is 2.98. The second kappa shape index (κ2) is 13.9. The van der Waals surface area contributed by atoms with Gasteiger partial charge < -0.3 is 9.64 Å². The molecule has 0 aliphatic heterocycles. The van der Waals surface area contributed by atoms with Crippen LogP contribution in [0.3, 0.4) is 0 Å². The van der Waals surface area contributed by atoms with Crippen LogP contribution in [-0.2, 0) is 36.6 Å². The van der Waals surface area contributed by atoms with E-state index in [-0.39, 0.29) is 23.9 Å². The number of nitrogens with zero attached hydrogens (tertiary/aromatic N) is 1. The van der Waals surface area contributed by atoms with Crippen molar-refractivity contribution in [2.45, 2.75) is 78.1 Å². The monoisotopic (exact) mass is 653 g/mol. The summed E-state index contributed by atoms with van der Waals surface area (Å²) < 4.78 is 62.1.